The van der Waals surface area contributed by atoms with E-state index in [-0.39, 0.29) is 46.9 Å². The van der Waals surface area contributed by atoms with E-state index in [9.17, 15) is 42.3 Å². The molecule has 0 spiro atoms. The Balaban J connectivity index is 0.000000738. The summed E-state index contributed by atoms with van der Waals surface area (Å²) in [6.07, 6.45) is -4.07. The molecular formula is C25H30F3N7O9S2. The van der Waals surface area contributed by atoms with Crippen LogP contribution in [0.25, 0.3) is 0 Å². The zero-order chi connectivity index (χ0) is 34.2. The van der Waals surface area contributed by atoms with Crippen molar-refractivity contribution in [2.24, 2.45) is 5.16 Å². The van der Waals surface area contributed by atoms with Crippen LogP contribution in [0.5, 0.6) is 0 Å². The number of aliphatic carboxylic acids is 2. The molecule has 2 fully saturated rings. The maximum absolute atomic E-state index is 13.1. The topological polar surface area (TPSA) is 211 Å². The first-order chi connectivity index (χ1) is 21.7. The van der Waals surface area contributed by atoms with Crippen molar-refractivity contribution in [1.82, 2.24) is 25.0 Å². The number of anilines is 1. The molecule has 1 unspecified atom stereocenters. The summed E-state index contributed by atoms with van der Waals surface area (Å²) in [7, 11) is 1.97. The Morgan fingerprint density at radius 3 is 2.41 bits per heavy atom. The van der Waals surface area contributed by atoms with Gasteiger partial charge in [-0.1, -0.05) is 12.1 Å². The number of piperazine rings is 1. The van der Waals surface area contributed by atoms with Crippen molar-refractivity contribution < 1.29 is 57.0 Å². The highest BCUT2D eigenvalue weighted by Gasteiger charge is 2.54. The minimum atomic E-state index is -5.08. The molecule has 4 rings (SSSR count). The maximum atomic E-state index is 13.1. The molecule has 2 atom stereocenters. The van der Waals surface area contributed by atoms with Crippen molar-refractivity contribution in [1.29, 1.82) is 0 Å². The minimum absolute atomic E-state index is 0.0849. The van der Waals surface area contributed by atoms with Gasteiger partial charge < -0.3 is 35.5 Å². The second-order valence-electron chi connectivity index (χ2n) is 9.86. The fourth-order valence-corrected chi connectivity index (χ4v) is 6.28. The molecule has 4 heterocycles. The van der Waals surface area contributed by atoms with Crippen molar-refractivity contribution in [3.8, 4) is 0 Å². The van der Waals surface area contributed by atoms with Gasteiger partial charge in [-0.05, 0) is 19.0 Å². The molecule has 0 saturated carbocycles. The van der Waals surface area contributed by atoms with Gasteiger partial charge in [0, 0.05) is 37.3 Å². The van der Waals surface area contributed by atoms with Crippen LogP contribution in [0.4, 0.5) is 18.3 Å². The van der Waals surface area contributed by atoms with Gasteiger partial charge in [-0.25, -0.2) is 14.6 Å². The Hall–Kier alpha value is -4.24. The number of β-lactam (4-membered cyclic amide) rings is 1. The van der Waals surface area contributed by atoms with Crippen LogP contribution in [0, 0.1) is 0 Å². The van der Waals surface area contributed by atoms with Crippen LogP contribution in [0.3, 0.4) is 0 Å². The van der Waals surface area contributed by atoms with E-state index >= 15 is 0 Å². The van der Waals surface area contributed by atoms with Crippen molar-refractivity contribution >= 4 is 70.0 Å². The third-order valence-corrected chi connectivity index (χ3v) is 8.71. The van der Waals surface area contributed by atoms with Gasteiger partial charge in [-0.3, -0.25) is 24.1 Å². The maximum Gasteiger partial charge on any atom is 0.490 e. The number of likely N-dealkylation sites (N-methyl/N-ethyl adjacent to an activating group) is 1. The van der Waals surface area contributed by atoms with E-state index < -0.39 is 41.3 Å². The monoisotopic (exact) mass is 693 g/mol. The van der Waals surface area contributed by atoms with Gasteiger partial charge in [0.15, 0.2) is 10.8 Å². The van der Waals surface area contributed by atoms with E-state index in [4.69, 9.17) is 14.7 Å². The molecule has 2 saturated heterocycles. The first-order valence-corrected chi connectivity index (χ1v) is 15.5. The number of nitrogens with zero attached hydrogens (tertiary/aromatic N) is 5. The second-order valence-corrected chi connectivity index (χ2v) is 11.8. The zero-order valence-electron chi connectivity index (χ0n) is 24.4. The first kappa shape index (κ1) is 36.2. The predicted molar refractivity (Wildman–Crippen MR) is 157 cm³/mol. The lowest BCUT2D eigenvalue weighted by Gasteiger charge is -2.49. The van der Waals surface area contributed by atoms with E-state index in [2.05, 4.69) is 25.7 Å². The molecule has 0 radical (unpaired) electrons. The average molecular weight is 694 g/mol. The van der Waals surface area contributed by atoms with E-state index in [0.29, 0.717) is 31.5 Å². The van der Waals surface area contributed by atoms with Crippen molar-refractivity contribution in [2.75, 3.05) is 50.9 Å². The van der Waals surface area contributed by atoms with Crippen molar-refractivity contribution in [3.05, 3.63) is 22.3 Å². The van der Waals surface area contributed by atoms with Gasteiger partial charge in [0.25, 0.3) is 11.8 Å². The van der Waals surface area contributed by atoms with Crippen molar-refractivity contribution in [2.45, 2.75) is 37.4 Å². The predicted octanol–water partition coefficient (Wildman–Crippen LogP) is 0.378. The minimum Gasteiger partial charge on any atom is -0.477 e. The summed E-state index contributed by atoms with van der Waals surface area (Å²) in [5.41, 5.74) is 0.131. The SMILES string of the molecule is CCCON=C(C(=O)NC1C(=O)N2C(C(=O)O)=C(CC(=O)N3CCN(C)CC3)CS[C@@H]12)c1csc(NC=O)n1.O=C(O)C(F)(F)F. The zero-order valence-corrected chi connectivity index (χ0v) is 26.0. The number of carbonyl (C=O) groups excluding carboxylic acids is 4. The van der Waals surface area contributed by atoms with Gasteiger partial charge in [-0.15, -0.1) is 23.1 Å². The van der Waals surface area contributed by atoms with Crippen LogP contribution in [0.15, 0.2) is 21.8 Å². The summed E-state index contributed by atoms with van der Waals surface area (Å²) in [6.45, 7) is 4.72. The van der Waals surface area contributed by atoms with E-state index in [0.717, 1.165) is 29.3 Å². The first-order valence-electron chi connectivity index (χ1n) is 13.5. The number of carbonyl (C=O) groups is 6. The summed E-state index contributed by atoms with van der Waals surface area (Å²) >= 11 is 2.36. The average Bonchev–Trinajstić information content (AvgIpc) is 3.46. The van der Waals surface area contributed by atoms with Gasteiger partial charge in [-0.2, -0.15) is 13.2 Å². The number of hydrogen-bond donors (Lipinski definition) is 4. The lowest BCUT2D eigenvalue weighted by molar-refractivity contribution is -0.192. The molecule has 3 aliphatic rings. The van der Waals surface area contributed by atoms with Crippen LogP contribution in [-0.2, 0) is 33.6 Å². The number of thiazole rings is 1. The van der Waals surface area contributed by atoms with Crippen molar-refractivity contribution in [3.63, 3.8) is 0 Å². The van der Waals surface area contributed by atoms with Crippen LogP contribution < -0.4 is 10.6 Å². The summed E-state index contributed by atoms with van der Waals surface area (Å²) < 4.78 is 31.7. The van der Waals surface area contributed by atoms with Gasteiger partial charge in [0.05, 0.1) is 6.42 Å². The highest BCUT2D eigenvalue weighted by Crippen LogP contribution is 2.41. The molecule has 0 aromatic carbocycles. The molecule has 46 heavy (non-hydrogen) atoms. The highest BCUT2D eigenvalue weighted by molar-refractivity contribution is 8.00. The number of oxime groups is 1. The van der Waals surface area contributed by atoms with E-state index in [1.807, 2.05) is 14.0 Å². The number of carboxylic acid groups (broad SMARTS) is 2. The van der Waals surface area contributed by atoms with E-state index in [1.54, 1.807) is 4.90 Å². The lowest BCUT2D eigenvalue weighted by Crippen LogP contribution is -2.71. The number of nitrogens with one attached hydrogen (secondary N) is 2. The normalized spacial score (nSPS) is 20.1. The molecule has 0 bridgehead atoms. The number of aromatic nitrogens is 1. The number of thioether (sulfide) groups is 1. The smallest absolute Gasteiger partial charge is 0.477 e. The Morgan fingerprint density at radius 1 is 1.20 bits per heavy atom. The van der Waals surface area contributed by atoms with Gasteiger partial charge in [0.2, 0.25) is 12.3 Å². The standard InChI is InChI=1S/C23H29N7O7S2.C2HF3O2/c1-3-8-37-27-16(14-11-39-23(25-14)24-12-31)19(33)26-17-20(34)30-18(22(35)36)13(10-38-21(17)30)9-15(32)29-6-4-28(2)5-7-29;3-2(4,5)1(6)7/h11-12,17,21H,3-10H2,1-2H3,(H,26,33)(H,35,36)(H,24,25,31);(H,6,7)/t17?,21-;/m0./s1. The van der Waals surface area contributed by atoms with Crippen LogP contribution >= 0.6 is 23.1 Å². The molecule has 0 aliphatic carbocycles. The fraction of sp³-hybridized carbons (Fsp3) is 0.520. The Kier molecular flexibility index (Phi) is 12.5. The second kappa shape index (κ2) is 15.9. The van der Waals surface area contributed by atoms with Crippen LogP contribution in [0.2, 0.25) is 0 Å². The molecule has 16 nitrogen and oxygen atoms in total. The number of amides is 4. The molecular weight excluding hydrogens is 663 g/mol. The summed E-state index contributed by atoms with van der Waals surface area (Å²) in [5.74, 6) is -5.33. The quantitative estimate of drug-likeness (QED) is 0.0815. The molecule has 3 aliphatic heterocycles. The summed E-state index contributed by atoms with van der Waals surface area (Å²) in [5, 5.41) is 27.1. The molecule has 21 heteroatoms. The van der Waals surface area contributed by atoms with Crippen LogP contribution in [-0.4, -0.2) is 135 Å². The molecule has 252 valence electrons. The number of carboxylic acids is 2. The Bertz CT molecular complexity index is 1410. The largest absolute Gasteiger partial charge is 0.490 e. The molecule has 1 aromatic rings. The summed E-state index contributed by atoms with van der Waals surface area (Å²) in [6, 6.07) is -1.01. The fourth-order valence-electron chi connectivity index (χ4n) is 4.28. The number of fused-ring (bicyclic) bond motifs is 1. The molecule has 4 N–H and O–H groups in total. The van der Waals surface area contributed by atoms with Gasteiger partial charge >= 0.3 is 18.1 Å². The Labute approximate surface area is 267 Å². The highest BCUT2D eigenvalue weighted by atomic mass is 32.2. The Morgan fingerprint density at radius 2 is 1.85 bits per heavy atom. The number of hydrogen-bond acceptors (Lipinski definition) is 12. The van der Waals surface area contributed by atoms with E-state index in [1.165, 1.54) is 17.1 Å². The third-order valence-electron chi connectivity index (χ3n) is 6.60. The number of rotatable bonds is 11. The number of alkyl halides is 3. The van der Waals surface area contributed by atoms with Crippen LogP contribution in [0.1, 0.15) is 25.5 Å². The molecule has 1 aromatic heterocycles. The third kappa shape index (κ3) is 8.94. The lowest BCUT2D eigenvalue weighted by atomic mass is 10.0. The van der Waals surface area contributed by atoms with Gasteiger partial charge in [0.1, 0.15) is 29.4 Å². The number of halogens is 3. The summed E-state index contributed by atoms with van der Waals surface area (Å²) in [4.78, 5) is 85.2. The molecule has 4 amide bonds.